The molecule has 0 bridgehead atoms. The van der Waals surface area contributed by atoms with Crippen molar-refractivity contribution in [2.24, 2.45) is 11.8 Å². The number of hydrogen-bond acceptors (Lipinski definition) is 3. The van der Waals surface area contributed by atoms with Crippen LogP contribution in [0.25, 0.3) is 0 Å². The summed E-state index contributed by atoms with van der Waals surface area (Å²) in [6.45, 7) is 3.35. The maximum absolute atomic E-state index is 13.9. The van der Waals surface area contributed by atoms with Crippen LogP contribution in [0, 0.1) is 18.7 Å². The Balaban J connectivity index is 2.21. The molecule has 17 heavy (non-hydrogen) atoms. The van der Waals surface area contributed by atoms with Crippen molar-refractivity contribution in [1.82, 2.24) is 5.43 Å². The fourth-order valence-electron chi connectivity index (χ4n) is 2.41. The summed E-state index contributed by atoms with van der Waals surface area (Å²) in [6, 6.07) is 5.17. The van der Waals surface area contributed by atoms with Gasteiger partial charge in [-0.15, -0.1) is 0 Å². The molecular formula is C13H19FN2O. The minimum Gasteiger partial charge on any atom is -0.381 e. The van der Waals surface area contributed by atoms with Crippen molar-refractivity contribution in [3.05, 3.63) is 35.1 Å². The topological polar surface area (TPSA) is 47.3 Å². The molecule has 1 aromatic rings. The number of halogens is 1. The number of rotatable bonds is 3. The van der Waals surface area contributed by atoms with E-state index in [2.05, 4.69) is 5.43 Å². The highest BCUT2D eigenvalue weighted by atomic mass is 19.1. The summed E-state index contributed by atoms with van der Waals surface area (Å²) in [6.07, 6.45) is 1.84. The molecule has 1 aromatic carbocycles. The average molecular weight is 238 g/mol. The monoisotopic (exact) mass is 238 g/mol. The normalized spacial score (nSPS) is 19.2. The number of nitrogens with two attached hydrogens (primary N) is 1. The minimum atomic E-state index is -0.181. The largest absolute Gasteiger partial charge is 0.381 e. The first-order valence-electron chi connectivity index (χ1n) is 6.02. The van der Waals surface area contributed by atoms with E-state index in [1.54, 1.807) is 6.07 Å². The van der Waals surface area contributed by atoms with Crippen molar-refractivity contribution in [2.75, 3.05) is 13.2 Å². The molecule has 0 spiro atoms. The van der Waals surface area contributed by atoms with Gasteiger partial charge in [0.05, 0.1) is 6.04 Å². The second-order valence-corrected chi connectivity index (χ2v) is 4.62. The molecule has 1 unspecified atom stereocenters. The molecule has 1 aliphatic heterocycles. The van der Waals surface area contributed by atoms with Gasteiger partial charge in [-0.1, -0.05) is 12.1 Å². The zero-order chi connectivity index (χ0) is 12.3. The molecular weight excluding hydrogens is 219 g/mol. The average Bonchev–Trinajstić information content (AvgIpc) is 2.34. The molecule has 0 saturated carbocycles. The van der Waals surface area contributed by atoms with Gasteiger partial charge in [-0.05, 0) is 37.3 Å². The van der Waals surface area contributed by atoms with Gasteiger partial charge in [0.1, 0.15) is 5.82 Å². The van der Waals surface area contributed by atoms with Gasteiger partial charge in [0.2, 0.25) is 0 Å². The summed E-state index contributed by atoms with van der Waals surface area (Å²) in [5.74, 6) is 5.74. The van der Waals surface area contributed by atoms with E-state index in [-0.39, 0.29) is 11.9 Å². The lowest BCUT2D eigenvalue weighted by atomic mass is 9.87. The summed E-state index contributed by atoms with van der Waals surface area (Å²) in [4.78, 5) is 0. The third kappa shape index (κ3) is 2.83. The van der Waals surface area contributed by atoms with Crippen molar-refractivity contribution in [3.63, 3.8) is 0 Å². The van der Waals surface area contributed by atoms with Crippen LogP contribution in [0.4, 0.5) is 4.39 Å². The van der Waals surface area contributed by atoms with E-state index < -0.39 is 0 Å². The molecule has 94 valence electrons. The summed E-state index contributed by atoms with van der Waals surface area (Å²) in [5, 5.41) is 0. The summed E-state index contributed by atoms with van der Waals surface area (Å²) in [5.41, 5.74) is 4.34. The van der Waals surface area contributed by atoms with Crippen molar-refractivity contribution in [3.8, 4) is 0 Å². The SMILES string of the molecule is Cc1ccc(C(NN)C2CCOCC2)c(F)c1. The second-order valence-electron chi connectivity index (χ2n) is 4.62. The van der Waals surface area contributed by atoms with Gasteiger partial charge in [0.15, 0.2) is 0 Å². The summed E-state index contributed by atoms with van der Waals surface area (Å²) < 4.78 is 19.2. The Bertz CT molecular complexity index is 378. The van der Waals surface area contributed by atoms with E-state index in [4.69, 9.17) is 10.6 Å². The lowest BCUT2D eigenvalue weighted by Crippen LogP contribution is -2.36. The lowest BCUT2D eigenvalue weighted by Gasteiger charge is -2.30. The predicted octanol–water partition coefficient (Wildman–Crippen LogP) is 2.07. The van der Waals surface area contributed by atoms with Crippen molar-refractivity contribution in [2.45, 2.75) is 25.8 Å². The molecule has 1 aliphatic rings. The minimum absolute atomic E-state index is 0.125. The molecule has 0 aliphatic carbocycles. The molecule has 1 fully saturated rings. The van der Waals surface area contributed by atoms with Crippen LogP contribution in [0.5, 0.6) is 0 Å². The van der Waals surface area contributed by atoms with Gasteiger partial charge in [-0.3, -0.25) is 11.3 Å². The number of aryl methyl sites for hydroxylation is 1. The second kappa shape index (κ2) is 5.58. The fourth-order valence-corrected chi connectivity index (χ4v) is 2.41. The Labute approximate surface area is 101 Å². The van der Waals surface area contributed by atoms with Crippen LogP contribution in [-0.4, -0.2) is 13.2 Å². The molecule has 0 amide bonds. The smallest absolute Gasteiger partial charge is 0.128 e. The Hall–Kier alpha value is -0.970. The molecule has 2 rings (SSSR count). The highest BCUT2D eigenvalue weighted by molar-refractivity contribution is 5.26. The van der Waals surface area contributed by atoms with E-state index in [1.165, 1.54) is 0 Å². The van der Waals surface area contributed by atoms with Crippen LogP contribution in [0.3, 0.4) is 0 Å². The number of nitrogens with one attached hydrogen (secondary N) is 1. The van der Waals surface area contributed by atoms with Gasteiger partial charge in [0.25, 0.3) is 0 Å². The van der Waals surface area contributed by atoms with E-state index in [9.17, 15) is 4.39 Å². The number of hydrazine groups is 1. The van der Waals surface area contributed by atoms with Crippen LogP contribution < -0.4 is 11.3 Å². The van der Waals surface area contributed by atoms with Gasteiger partial charge in [-0.25, -0.2) is 4.39 Å². The fraction of sp³-hybridized carbons (Fsp3) is 0.538. The third-order valence-corrected chi connectivity index (χ3v) is 3.41. The quantitative estimate of drug-likeness (QED) is 0.626. The number of benzene rings is 1. The Morgan fingerprint density at radius 1 is 1.41 bits per heavy atom. The Kier molecular flexibility index (Phi) is 4.10. The number of ether oxygens (including phenoxy) is 1. The maximum atomic E-state index is 13.9. The molecule has 4 heteroatoms. The van der Waals surface area contributed by atoms with Crippen molar-refractivity contribution < 1.29 is 9.13 Å². The van der Waals surface area contributed by atoms with Gasteiger partial charge in [-0.2, -0.15) is 0 Å². The first-order valence-corrected chi connectivity index (χ1v) is 6.02. The van der Waals surface area contributed by atoms with E-state index in [0.717, 1.165) is 31.6 Å². The van der Waals surface area contributed by atoms with Gasteiger partial charge in [0, 0.05) is 18.8 Å². The van der Waals surface area contributed by atoms with Crippen LogP contribution in [0.15, 0.2) is 18.2 Å². The zero-order valence-corrected chi connectivity index (χ0v) is 10.1. The molecule has 3 nitrogen and oxygen atoms in total. The maximum Gasteiger partial charge on any atom is 0.128 e. The standard InChI is InChI=1S/C13H19FN2O/c1-9-2-3-11(12(14)8-9)13(16-15)10-4-6-17-7-5-10/h2-3,8,10,13,16H,4-7,15H2,1H3. The molecule has 0 aromatic heterocycles. The molecule has 1 atom stereocenters. The molecule has 0 radical (unpaired) electrons. The van der Waals surface area contributed by atoms with Crippen molar-refractivity contribution >= 4 is 0 Å². The van der Waals surface area contributed by atoms with Crippen LogP contribution in [0.1, 0.15) is 30.0 Å². The highest BCUT2D eigenvalue weighted by Crippen LogP contribution is 2.31. The lowest BCUT2D eigenvalue weighted by molar-refractivity contribution is 0.0531. The number of hydrogen-bond donors (Lipinski definition) is 2. The van der Waals surface area contributed by atoms with Crippen LogP contribution >= 0.6 is 0 Å². The first kappa shape index (κ1) is 12.5. The van der Waals surface area contributed by atoms with E-state index >= 15 is 0 Å². The Morgan fingerprint density at radius 3 is 2.71 bits per heavy atom. The third-order valence-electron chi connectivity index (χ3n) is 3.41. The van der Waals surface area contributed by atoms with Crippen LogP contribution in [-0.2, 0) is 4.74 Å². The first-order chi connectivity index (χ1) is 8.22. The van der Waals surface area contributed by atoms with Gasteiger partial charge < -0.3 is 4.74 Å². The van der Waals surface area contributed by atoms with Crippen LogP contribution in [0.2, 0.25) is 0 Å². The van der Waals surface area contributed by atoms with E-state index in [0.29, 0.717) is 11.5 Å². The summed E-state index contributed by atoms with van der Waals surface area (Å²) >= 11 is 0. The van der Waals surface area contributed by atoms with E-state index in [1.807, 2.05) is 19.1 Å². The molecule has 1 saturated heterocycles. The zero-order valence-electron chi connectivity index (χ0n) is 10.1. The van der Waals surface area contributed by atoms with Gasteiger partial charge >= 0.3 is 0 Å². The van der Waals surface area contributed by atoms with Crippen molar-refractivity contribution in [1.29, 1.82) is 0 Å². The molecule has 1 heterocycles. The Morgan fingerprint density at radius 2 is 2.12 bits per heavy atom. The summed E-state index contributed by atoms with van der Waals surface area (Å²) in [7, 11) is 0. The molecule has 3 N–H and O–H groups in total. The highest BCUT2D eigenvalue weighted by Gasteiger charge is 2.26. The predicted molar refractivity (Wildman–Crippen MR) is 64.7 cm³/mol.